The minimum absolute atomic E-state index is 0.205. The Labute approximate surface area is 98.7 Å². The number of ether oxygens (including phenoxy) is 1. The van der Waals surface area contributed by atoms with Gasteiger partial charge in [-0.15, -0.1) is 0 Å². The van der Waals surface area contributed by atoms with E-state index >= 15 is 0 Å². The largest absolute Gasteiger partial charge is 0.366 e. The molecule has 0 aromatic carbocycles. The molecule has 2 N–H and O–H groups in total. The smallest absolute Gasteiger partial charge is 0.114 e. The van der Waals surface area contributed by atoms with E-state index in [1.165, 1.54) is 13.0 Å². The van der Waals surface area contributed by atoms with E-state index in [1.807, 2.05) is 0 Å². The molecule has 2 aliphatic heterocycles. The van der Waals surface area contributed by atoms with Crippen molar-refractivity contribution in [2.24, 2.45) is 5.92 Å². The fraction of sp³-hybridized carbons (Fsp3) is 1.00. The molecular weight excluding hydrogens is 202 g/mol. The Morgan fingerprint density at radius 2 is 2.00 bits per heavy atom. The maximum Gasteiger partial charge on any atom is 0.114 e. The maximum atomic E-state index is 5.54. The fourth-order valence-corrected chi connectivity index (χ4v) is 2.85. The van der Waals surface area contributed by atoms with Crippen molar-refractivity contribution >= 4 is 0 Å². The van der Waals surface area contributed by atoms with Crippen LogP contribution in [0.3, 0.4) is 0 Å². The van der Waals surface area contributed by atoms with Gasteiger partial charge in [-0.1, -0.05) is 0 Å². The maximum absolute atomic E-state index is 5.54. The average Bonchev–Trinajstić information content (AvgIpc) is 2.26. The number of fused-ring (bicyclic) bond motifs is 1. The van der Waals surface area contributed by atoms with Gasteiger partial charge in [0, 0.05) is 44.4 Å². The van der Waals surface area contributed by atoms with Crippen molar-refractivity contribution in [1.82, 2.24) is 15.5 Å². The minimum atomic E-state index is 0.205. The third-order valence-electron chi connectivity index (χ3n) is 3.92. The molecule has 0 amide bonds. The lowest BCUT2D eigenvalue weighted by molar-refractivity contribution is -0.0586. The van der Waals surface area contributed by atoms with Crippen LogP contribution in [0.5, 0.6) is 0 Å². The standard InChI is InChI=1S/C12H25N3O/c1-12(2,3)15-6-5-10-9(7-15)11(16-4)14-8-13-10/h9-11,13-14H,5-8H2,1-4H3. The molecule has 0 bridgehead atoms. The van der Waals surface area contributed by atoms with Crippen LogP contribution in [0, 0.1) is 5.92 Å². The van der Waals surface area contributed by atoms with Crippen LogP contribution in [-0.2, 0) is 4.74 Å². The van der Waals surface area contributed by atoms with Gasteiger partial charge in [0.1, 0.15) is 6.23 Å². The van der Waals surface area contributed by atoms with Gasteiger partial charge in [-0.25, -0.2) is 0 Å². The Kier molecular flexibility index (Phi) is 3.54. The molecule has 0 radical (unpaired) electrons. The quantitative estimate of drug-likeness (QED) is 0.688. The predicted molar refractivity (Wildman–Crippen MR) is 65.2 cm³/mol. The molecule has 0 spiro atoms. The number of piperidine rings is 1. The van der Waals surface area contributed by atoms with Crippen molar-refractivity contribution in [3.05, 3.63) is 0 Å². The number of rotatable bonds is 1. The summed E-state index contributed by atoms with van der Waals surface area (Å²) in [4.78, 5) is 2.56. The number of methoxy groups -OCH3 is 1. The van der Waals surface area contributed by atoms with Gasteiger partial charge in [0.2, 0.25) is 0 Å². The van der Waals surface area contributed by atoms with E-state index in [0.29, 0.717) is 12.0 Å². The van der Waals surface area contributed by atoms with Gasteiger partial charge in [-0.05, 0) is 27.2 Å². The highest BCUT2D eigenvalue weighted by Gasteiger charge is 2.39. The van der Waals surface area contributed by atoms with Crippen LogP contribution in [-0.4, -0.2) is 49.6 Å². The molecular formula is C12H25N3O. The molecule has 3 atom stereocenters. The number of hydrogen-bond donors (Lipinski definition) is 2. The lowest BCUT2D eigenvalue weighted by Crippen LogP contribution is -2.65. The van der Waals surface area contributed by atoms with Gasteiger partial charge in [0.25, 0.3) is 0 Å². The lowest BCUT2D eigenvalue weighted by Gasteiger charge is -2.49. The van der Waals surface area contributed by atoms with Crippen molar-refractivity contribution in [3.63, 3.8) is 0 Å². The summed E-state index contributed by atoms with van der Waals surface area (Å²) in [5.74, 6) is 0.562. The monoisotopic (exact) mass is 227 g/mol. The highest BCUT2D eigenvalue weighted by Crippen LogP contribution is 2.27. The van der Waals surface area contributed by atoms with Crippen LogP contribution in [0.2, 0.25) is 0 Å². The molecule has 0 saturated carbocycles. The summed E-state index contributed by atoms with van der Waals surface area (Å²) < 4.78 is 5.54. The zero-order valence-corrected chi connectivity index (χ0v) is 10.9. The topological polar surface area (TPSA) is 36.5 Å². The van der Waals surface area contributed by atoms with Crippen LogP contribution in [0.4, 0.5) is 0 Å². The molecule has 16 heavy (non-hydrogen) atoms. The summed E-state index contributed by atoms with van der Waals surface area (Å²) in [6.07, 6.45) is 1.43. The first-order chi connectivity index (χ1) is 7.52. The molecule has 4 nitrogen and oxygen atoms in total. The second-order valence-corrected chi connectivity index (χ2v) is 5.92. The number of hydrogen-bond acceptors (Lipinski definition) is 4. The van der Waals surface area contributed by atoms with Crippen molar-refractivity contribution in [2.75, 3.05) is 26.9 Å². The third-order valence-corrected chi connectivity index (χ3v) is 3.92. The van der Waals surface area contributed by atoms with E-state index in [9.17, 15) is 0 Å². The van der Waals surface area contributed by atoms with Crippen LogP contribution in [0.25, 0.3) is 0 Å². The van der Waals surface area contributed by atoms with Gasteiger partial charge in [0.05, 0.1) is 0 Å². The summed E-state index contributed by atoms with van der Waals surface area (Å²) in [6, 6.07) is 0.616. The number of nitrogens with zero attached hydrogens (tertiary/aromatic N) is 1. The normalized spacial score (nSPS) is 37.1. The molecule has 2 saturated heterocycles. The Morgan fingerprint density at radius 3 is 2.62 bits per heavy atom. The molecule has 2 heterocycles. The highest BCUT2D eigenvalue weighted by molar-refractivity contribution is 4.94. The van der Waals surface area contributed by atoms with E-state index in [4.69, 9.17) is 4.74 Å². The lowest BCUT2D eigenvalue weighted by atomic mass is 9.86. The zero-order valence-electron chi connectivity index (χ0n) is 10.9. The van der Waals surface area contributed by atoms with Crippen molar-refractivity contribution in [3.8, 4) is 0 Å². The highest BCUT2D eigenvalue weighted by atomic mass is 16.5. The molecule has 0 aliphatic carbocycles. The molecule has 94 valence electrons. The first-order valence-electron chi connectivity index (χ1n) is 6.27. The average molecular weight is 227 g/mol. The van der Waals surface area contributed by atoms with E-state index in [2.05, 4.69) is 36.3 Å². The third kappa shape index (κ3) is 2.40. The van der Waals surface area contributed by atoms with Gasteiger partial charge < -0.3 is 10.1 Å². The summed E-state index contributed by atoms with van der Waals surface area (Å²) >= 11 is 0. The van der Waals surface area contributed by atoms with Crippen molar-refractivity contribution < 1.29 is 4.74 Å². The van der Waals surface area contributed by atoms with Crippen LogP contribution in [0.1, 0.15) is 27.2 Å². The second kappa shape index (κ2) is 4.61. The SMILES string of the molecule is COC1NCNC2CCN(C(C)(C)C)CC21. The van der Waals surface area contributed by atoms with E-state index < -0.39 is 0 Å². The Balaban J connectivity index is 2.04. The Morgan fingerprint density at radius 1 is 1.25 bits per heavy atom. The van der Waals surface area contributed by atoms with Gasteiger partial charge in [-0.2, -0.15) is 0 Å². The van der Waals surface area contributed by atoms with Crippen molar-refractivity contribution in [2.45, 2.75) is 45.0 Å². The molecule has 4 heteroatoms. The van der Waals surface area contributed by atoms with Crippen molar-refractivity contribution in [1.29, 1.82) is 0 Å². The molecule has 3 unspecified atom stereocenters. The molecule has 0 aromatic rings. The summed E-state index contributed by atoms with van der Waals surface area (Å²) in [5, 5.41) is 6.92. The van der Waals surface area contributed by atoms with Crippen LogP contribution < -0.4 is 10.6 Å². The molecule has 2 aliphatic rings. The fourth-order valence-electron chi connectivity index (χ4n) is 2.85. The van der Waals surface area contributed by atoms with E-state index in [0.717, 1.165) is 13.2 Å². The minimum Gasteiger partial charge on any atom is -0.366 e. The van der Waals surface area contributed by atoms with Gasteiger partial charge in [0.15, 0.2) is 0 Å². The summed E-state index contributed by atoms with van der Waals surface area (Å²) in [6.45, 7) is 10.0. The first kappa shape index (κ1) is 12.3. The number of likely N-dealkylation sites (tertiary alicyclic amines) is 1. The molecule has 0 aromatic heterocycles. The molecule has 2 rings (SSSR count). The van der Waals surface area contributed by atoms with Crippen LogP contribution >= 0.6 is 0 Å². The zero-order chi connectivity index (χ0) is 11.8. The van der Waals surface area contributed by atoms with Gasteiger partial charge in [-0.3, -0.25) is 10.2 Å². The molecule has 2 fully saturated rings. The summed E-state index contributed by atoms with van der Waals surface area (Å²) in [7, 11) is 1.80. The van der Waals surface area contributed by atoms with E-state index in [-0.39, 0.29) is 11.8 Å². The summed E-state index contributed by atoms with van der Waals surface area (Å²) in [5.41, 5.74) is 0.265. The van der Waals surface area contributed by atoms with Crippen LogP contribution in [0.15, 0.2) is 0 Å². The second-order valence-electron chi connectivity index (χ2n) is 5.92. The van der Waals surface area contributed by atoms with Gasteiger partial charge >= 0.3 is 0 Å². The van der Waals surface area contributed by atoms with E-state index in [1.54, 1.807) is 7.11 Å². The first-order valence-corrected chi connectivity index (χ1v) is 6.27. The predicted octanol–water partition coefficient (Wildman–Crippen LogP) is 0.598. The number of nitrogens with one attached hydrogen (secondary N) is 2. The Hall–Kier alpha value is -0.160. The Bertz CT molecular complexity index is 233.